The summed E-state index contributed by atoms with van der Waals surface area (Å²) in [6.45, 7) is 0.529. The van der Waals surface area contributed by atoms with Crippen LogP contribution in [0.2, 0.25) is 0 Å². The van der Waals surface area contributed by atoms with Crippen LogP contribution in [0.3, 0.4) is 0 Å². The SMILES string of the molecule is N#Cc1cccc(C=C2CCn3c2nc2cc(C(=O)O)ccc2c3=O)c1. The first-order valence-electron chi connectivity index (χ1n) is 8.06. The van der Waals surface area contributed by atoms with Crippen molar-refractivity contribution in [3.05, 3.63) is 75.3 Å². The Bertz CT molecular complexity index is 1200. The highest BCUT2D eigenvalue weighted by molar-refractivity contribution is 5.93. The summed E-state index contributed by atoms with van der Waals surface area (Å²) in [5.41, 5.74) is 2.61. The molecule has 0 aliphatic carbocycles. The highest BCUT2D eigenvalue weighted by Gasteiger charge is 2.21. The topological polar surface area (TPSA) is 96.0 Å². The van der Waals surface area contributed by atoms with E-state index in [1.54, 1.807) is 22.8 Å². The predicted octanol–water partition coefficient (Wildman–Crippen LogP) is 2.91. The molecule has 0 saturated heterocycles. The number of hydrogen-bond donors (Lipinski definition) is 1. The molecule has 0 saturated carbocycles. The second-order valence-corrected chi connectivity index (χ2v) is 6.09. The van der Waals surface area contributed by atoms with Crippen molar-refractivity contribution in [2.45, 2.75) is 13.0 Å². The molecule has 0 unspecified atom stereocenters. The number of carboxylic acid groups (broad SMARTS) is 1. The minimum atomic E-state index is -1.06. The number of benzene rings is 2. The Labute approximate surface area is 148 Å². The molecule has 2 aromatic carbocycles. The van der Waals surface area contributed by atoms with Crippen LogP contribution in [0.4, 0.5) is 0 Å². The maximum Gasteiger partial charge on any atom is 0.335 e. The minimum absolute atomic E-state index is 0.0968. The van der Waals surface area contributed by atoms with Crippen LogP contribution < -0.4 is 5.56 Å². The molecule has 0 spiro atoms. The fourth-order valence-electron chi connectivity index (χ4n) is 3.19. The van der Waals surface area contributed by atoms with Gasteiger partial charge in [-0.25, -0.2) is 9.78 Å². The number of carbonyl (C=O) groups is 1. The summed E-state index contributed by atoms with van der Waals surface area (Å²) in [5, 5.41) is 18.6. The normalized spacial score (nSPS) is 14.3. The minimum Gasteiger partial charge on any atom is -0.478 e. The average molecular weight is 343 g/mol. The molecule has 1 aromatic heterocycles. The van der Waals surface area contributed by atoms with Crippen LogP contribution in [0, 0.1) is 11.3 Å². The lowest BCUT2D eigenvalue weighted by Crippen LogP contribution is -2.21. The Kier molecular flexibility index (Phi) is 3.63. The summed E-state index contributed by atoms with van der Waals surface area (Å²) >= 11 is 0. The standard InChI is InChI=1S/C20H13N3O3/c21-11-13-3-1-2-12(8-13)9-14-6-7-23-18(14)22-17-10-15(20(25)26)4-5-16(17)19(23)24/h1-5,8-10H,6-7H2,(H,25,26). The fourth-order valence-corrected chi connectivity index (χ4v) is 3.19. The molecule has 0 fully saturated rings. The molecule has 0 radical (unpaired) electrons. The zero-order chi connectivity index (χ0) is 18.3. The van der Waals surface area contributed by atoms with Crippen LogP contribution in [0.1, 0.15) is 33.7 Å². The summed E-state index contributed by atoms with van der Waals surface area (Å²) in [7, 11) is 0. The van der Waals surface area contributed by atoms with Crippen molar-refractivity contribution in [3.8, 4) is 6.07 Å². The molecule has 126 valence electrons. The number of nitriles is 1. The van der Waals surface area contributed by atoms with E-state index in [0.717, 1.165) is 11.1 Å². The molecule has 2 heterocycles. The molecule has 1 aliphatic rings. The van der Waals surface area contributed by atoms with Crippen LogP contribution in [0.5, 0.6) is 0 Å². The molecule has 0 amide bonds. The van der Waals surface area contributed by atoms with E-state index >= 15 is 0 Å². The zero-order valence-electron chi connectivity index (χ0n) is 13.6. The van der Waals surface area contributed by atoms with Crippen LogP contribution in [0.15, 0.2) is 47.3 Å². The molecule has 4 rings (SSSR count). The van der Waals surface area contributed by atoms with Crippen LogP contribution in [0.25, 0.3) is 22.6 Å². The van der Waals surface area contributed by atoms with Crippen LogP contribution in [-0.4, -0.2) is 20.6 Å². The molecule has 1 aliphatic heterocycles. The number of fused-ring (bicyclic) bond motifs is 2. The lowest BCUT2D eigenvalue weighted by atomic mass is 10.1. The second kappa shape index (κ2) is 5.97. The molecule has 0 atom stereocenters. The van der Waals surface area contributed by atoms with E-state index in [1.165, 1.54) is 18.2 Å². The van der Waals surface area contributed by atoms with Gasteiger partial charge < -0.3 is 5.11 Å². The van der Waals surface area contributed by atoms with E-state index in [9.17, 15) is 9.59 Å². The smallest absolute Gasteiger partial charge is 0.335 e. The van der Waals surface area contributed by atoms with Gasteiger partial charge in [-0.05, 0) is 54.0 Å². The second-order valence-electron chi connectivity index (χ2n) is 6.09. The fraction of sp³-hybridized carbons (Fsp3) is 0.100. The number of nitrogens with zero attached hydrogens (tertiary/aromatic N) is 3. The molecule has 6 nitrogen and oxygen atoms in total. The number of aromatic carboxylic acids is 1. The first kappa shape index (κ1) is 15.8. The maximum atomic E-state index is 12.7. The number of aromatic nitrogens is 2. The molecule has 1 N–H and O–H groups in total. The van der Waals surface area contributed by atoms with Crippen molar-refractivity contribution < 1.29 is 9.90 Å². The van der Waals surface area contributed by atoms with Gasteiger partial charge in [-0.15, -0.1) is 0 Å². The summed E-state index contributed by atoms with van der Waals surface area (Å²) in [6.07, 6.45) is 2.57. The molecule has 3 aromatic rings. The third kappa shape index (κ3) is 2.56. The van der Waals surface area contributed by atoms with Gasteiger partial charge >= 0.3 is 5.97 Å². The Morgan fingerprint density at radius 3 is 2.88 bits per heavy atom. The van der Waals surface area contributed by atoms with Gasteiger partial charge in [0.1, 0.15) is 5.82 Å². The Morgan fingerprint density at radius 1 is 1.27 bits per heavy atom. The van der Waals surface area contributed by atoms with Gasteiger partial charge in [-0.1, -0.05) is 12.1 Å². The van der Waals surface area contributed by atoms with Gasteiger partial charge in [-0.2, -0.15) is 5.26 Å². The lowest BCUT2D eigenvalue weighted by molar-refractivity contribution is 0.0697. The van der Waals surface area contributed by atoms with E-state index in [2.05, 4.69) is 11.1 Å². The first-order valence-corrected chi connectivity index (χ1v) is 8.06. The highest BCUT2D eigenvalue weighted by Crippen LogP contribution is 2.27. The predicted molar refractivity (Wildman–Crippen MR) is 96.6 cm³/mol. The molecule has 6 heteroatoms. The molecule has 0 bridgehead atoms. The number of allylic oxidation sites excluding steroid dienone is 1. The van der Waals surface area contributed by atoms with Crippen molar-refractivity contribution in [2.24, 2.45) is 0 Å². The summed E-state index contributed by atoms with van der Waals surface area (Å²) in [5.74, 6) is -0.509. The summed E-state index contributed by atoms with van der Waals surface area (Å²) < 4.78 is 1.61. The van der Waals surface area contributed by atoms with Gasteiger partial charge in [0.05, 0.1) is 28.1 Å². The largest absolute Gasteiger partial charge is 0.478 e. The maximum absolute atomic E-state index is 12.7. The van der Waals surface area contributed by atoms with Crippen molar-refractivity contribution in [2.75, 3.05) is 0 Å². The third-order valence-corrected chi connectivity index (χ3v) is 4.45. The Hall–Kier alpha value is -3.72. The highest BCUT2D eigenvalue weighted by atomic mass is 16.4. The van der Waals surface area contributed by atoms with Crippen molar-refractivity contribution in [1.82, 2.24) is 9.55 Å². The van der Waals surface area contributed by atoms with Crippen molar-refractivity contribution in [1.29, 1.82) is 5.26 Å². The van der Waals surface area contributed by atoms with E-state index in [0.29, 0.717) is 35.3 Å². The van der Waals surface area contributed by atoms with Gasteiger partial charge in [0, 0.05) is 6.54 Å². The van der Waals surface area contributed by atoms with Crippen LogP contribution in [-0.2, 0) is 6.54 Å². The van der Waals surface area contributed by atoms with Crippen LogP contribution >= 0.6 is 0 Å². The Morgan fingerprint density at radius 2 is 2.12 bits per heavy atom. The van der Waals surface area contributed by atoms with Gasteiger partial charge in [0.2, 0.25) is 0 Å². The van der Waals surface area contributed by atoms with Crippen molar-refractivity contribution in [3.63, 3.8) is 0 Å². The summed E-state index contributed by atoms with van der Waals surface area (Å²) in [6, 6.07) is 13.7. The molecule has 26 heavy (non-hydrogen) atoms. The molecular formula is C20H13N3O3. The first-order chi connectivity index (χ1) is 12.6. The van der Waals surface area contributed by atoms with Gasteiger partial charge in [0.15, 0.2) is 0 Å². The third-order valence-electron chi connectivity index (χ3n) is 4.45. The Balaban J connectivity index is 1.89. The van der Waals surface area contributed by atoms with E-state index in [4.69, 9.17) is 10.4 Å². The van der Waals surface area contributed by atoms with Gasteiger partial charge in [-0.3, -0.25) is 9.36 Å². The average Bonchev–Trinajstić information content (AvgIpc) is 3.04. The monoisotopic (exact) mass is 343 g/mol. The molecular weight excluding hydrogens is 330 g/mol. The van der Waals surface area contributed by atoms with Crippen molar-refractivity contribution >= 4 is 28.5 Å². The van der Waals surface area contributed by atoms with E-state index < -0.39 is 5.97 Å². The quantitative estimate of drug-likeness (QED) is 0.772. The van der Waals surface area contributed by atoms with Gasteiger partial charge in [0.25, 0.3) is 5.56 Å². The number of hydrogen-bond acceptors (Lipinski definition) is 4. The zero-order valence-corrected chi connectivity index (χ0v) is 13.6. The summed E-state index contributed by atoms with van der Waals surface area (Å²) in [4.78, 5) is 28.4. The number of carboxylic acids is 1. The lowest BCUT2D eigenvalue weighted by Gasteiger charge is -2.06. The van der Waals surface area contributed by atoms with E-state index in [1.807, 2.05) is 12.1 Å². The van der Waals surface area contributed by atoms with E-state index in [-0.39, 0.29) is 11.1 Å². The number of rotatable bonds is 2.